The Labute approximate surface area is 116 Å². The van der Waals surface area contributed by atoms with Crippen LogP contribution in [0.25, 0.3) is 0 Å². The van der Waals surface area contributed by atoms with Crippen molar-refractivity contribution in [1.29, 1.82) is 0 Å². The largest absolute Gasteiger partial charge is 0.338 e. The Kier molecular flexibility index (Phi) is 5.05. The number of halogens is 1. The van der Waals surface area contributed by atoms with Crippen LogP contribution in [0.15, 0.2) is 28.7 Å². The van der Waals surface area contributed by atoms with Gasteiger partial charge in [0.15, 0.2) is 0 Å². The minimum atomic E-state index is -0.112. The van der Waals surface area contributed by atoms with E-state index < -0.39 is 0 Å². The molecule has 0 unspecified atom stereocenters. The highest BCUT2D eigenvalue weighted by Crippen LogP contribution is 2.22. The first-order valence-corrected chi connectivity index (χ1v) is 7.34. The third-order valence-electron chi connectivity index (χ3n) is 3.36. The van der Waals surface area contributed by atoms with Crippen LogP contribution in [0.4, 0.5) is 10.5 Å². The Morgan fingerprint density at radius 1 is 1.28 bits per heavy atom. The number of hydrogen-bond donors (Lipinski definition) is 2. The van der Waals surface area contributed by atoms with Gasteiger partial charge < -0.3 is 10.6 Å². The number of anilines is 1. The van der Waals surface area contributed by atoms with Crippen molar-refractivity contribution in [3.8, 4) is 0 Å². The summed E-state index contributed by atoms with van der Waals surface area (Å²) in [5.41, 5.74) is 0.811. The molecule has 1 aliphatic carbocycles. The van der Waals surface area contributed by atoms with E-state index in [2.05, 4.69) is 26.6 Å². The highest BCUT2D eigenvalue weighted by atomic mass is 79.9. The lowest BCUT2D eigenvalue weighted by molar-refractivity contribution is 0.247. The summed E-state index contributed by atoms with van der Waals surface area (Å²) >= 11 is 3.38. The highest BCUT2D eigenvalue weighted by Gasteiger charge is 2.14. The fourth-order valence-corrected chi connectivity index (χ4v) is 2.77. The van der Waals surface area contributed by atoms with Gasteiger partial charge in [0, 0.05) is 16.7 Å². The Morgan fingerprint density at radius 3 is 2.78 bits per heavy atom. The summed E-state index contributed by atoms with van der Waals surface area (Å²) in [6.45, 7) is 0.792. The first-order chi connectivity index (χ1) is 8.74. The molecule has 0 spiro atoms. The van der Waals surface area contributed by atoms with Gasteiger partial charge in [-0.3, -0.25) is 0 Å². The number of nitrogens with one attached hydrogen (secondary N) is 2. The van der Waals surface area contributed by atoms with Gasteiger partial charge in [-0.25, -0.2) is 4.79 Å². The van der Waals surface area contributed by atoms with Crippen molar-refractivity contribution < 1.29 is 4.79 Å². The molecule has 0 atom stereocenters. The highest BCUT2D eigenvalue weighted by molar-refractivity contribution is 9.10. The quantitative estimate of drug-likeness (QED) is 0.865. The molecule has 18 heavy (non-hydrogen) atoms. The van der Waals surface area contributed by atoms with E-state index >= 15 is 0 Å². The third kappa shape index (κ3) is 4.33. The van der Waals surface area contributed by atoms with E-state index in [4.69, 9.17) is 0 Å². The molecule has 0 radical (unpaired) electrons. The second kappa shape index (κ2) is 6.78. The molecule has 1 aromatic carbocycles. The molecule has 2 amide bonds. The fraction of sp³-hybridized carbons (Fsp3) is 0.500. The molecule has 3 nitrogen and oxygen atoms in total. The lowest BCUT2D eigenvalue weighted by Crippen LogP contribution is -2.33. The maximum absolute atomic E-state index is 11.7. The molecule has 1 aliphatic rings. The number of rotatable bonds is 3. The van der Waals surface area contributed by atoms with Crippen LogP contribution in [0, 0.1) is 5.92 Å². The standard InChI is InChI=1S/C14H19BrN2O/c15-12-7-4-8-13(9-12)17-14(18)16-10-11-5-2-1-3-6-11/h4,7-9,11H,1-3,5-6,10H2,(H2,16,17,18). The van der Waals surface area contributed by atoms with Crippen LogP contribution in [0.3, 0.4) is 0 Å². The molecule has 1 fully saturated rings. The van der Waals surface area contributed by atoms with Crippen LogP contribution >= 0.6 is 15.9 Å². The topological polar surface area (TPSA) is 41.1 Å². The summed E-state index contributed by atoms with van der Waals surface area (Å²) < 4.78 is 0.965. The second-order valence-electron chi connectivity index (χ2n) is 4.85. The van der Waals surface area contributed by atoms with E-state index in [0.29, 0.717) is 5.92 Å². The summed E-state index contributed by atoms with van der Waals surface area (Å²) in [6, 6.07) is 7.50. The minimum absolute atomic E-state index is 0.112. The zero-order chi connectivity index (χ0) is 12.8. The predicted octanol–water partition coefficient (Wildman–Crippen LogP) is 4.15. The lowest BCUT2D eigenvalue weighted by Gasteiger charge is -2.21. The Hall–Kier alpha value is -1.03. The van der Waals surface area contributed by atoms with Crippen molar-refractivity contribution in [3.63, 3.8) is 0 Å². The number of carbonyl (C=O) groups excluding carboxylic acids is 1. The predicted molar refractivity (Wildman–Crippen MR) is 77.7 cm³/mol. The molecule has 2 rings (SSSR count). The maximum Gasteiger partial charge on any atom is 0.319 e. The van der Waals surface area contributed by atoms with E-state index in [-0.39, 0.29) is 6.03 Å². The molecule has 0 heterocycles. The van der Waals surface area contributed by atoms with Crippen molar-refractivity contribution in [2.24, 2.45) is 5.92 Å². The number of benzene rings is 1. The fourth-order valence-electron chi connectivity index (χ4n) is 2.37. The van der Waals surface area contributed by atoms with Crippen LogP contribution in [0.2, 0.25) is 0 Å². The summed E-state index contributed by atoms with van der Waals surface area (Å²) in [6.07, 6.45) is 6.45. The summed E-state index contributed by atoms with van der Waals surface area (Å²) in [5, 5.41) is 5.80. The van der Waals surface area contributed by atoms with Crippen molar-refractivity contribution in [2.75, 3.05) is 11.9 Å². The monoisotopic (exact) mass is 310 g/mol. The summed E-state index contributed by atoms with van der Waals surface area (Å²) in [5.74, 6) is 0.659. The van der Waals surface area contributed by atoms with Gasteiger partial charge in [0.25, 0.3) is 0 Å². The normalized spacial score (nSPS) is 16.3. The van der Waals surface area contributed by atoms with Crippen LogP contribution in [-0.4, -0.2) is 12.6 Å². The van der Waals surface area contributed by atoms with Crippen LogP contribution in [0.5, 0.6) is 0 Å². The Morgan fingerprint density at radius 2 is 2.06 bits per heavy atom. The zero-order valence-corrected chi connectivity index (χ0v) is 12.0. The molecular formula is C14H19BrN2O. The van der Waals surface area contributed by atoms with Gasteiger partial charge in [0.05, 0.1) is 0 Å². The van der Waals surface area contributed by atoms with Crippen molar-refractivity contribution in [3.05, 3.63) is 28.7 Å². The van der Waals surface area contributed by atoms with E-state index in [0.717, 1.165) is 16.7 Å². The van der Waals surface area contributed by atoms with Gasteiger partial charge in [-0.1, -0.05) is 41.3 Å². The molecule has 0 aromatic heterocycles. The summed E-state index contributed by atoms with van der Waals surface area (Å²) in [7, 11) is 0. The average Bonchev–Trinajstić information content (AvgIpc) is 2.38. The smallest absolute Gasteiger partial charge is 0.319 e. The third-order valence-corrected chi connectivity index (χ3v) is 3.85. The van der Waals surface area contributed by atoms with Gasteiger partial charge in [-0.05, 0) is 37.0 Å². The van der Waals surface area contributed by atoms with Crippen molar-refractivity contribution in [1.82, 2.24) is 5.32 Å². The van der Waals surface area contributed by atoms with E-state index in [1.807, 2.05) is 24.3 Å². The van der Waals surface area contributed by atoms with Crippen LogP contribution in [-0.2, 0) is 0 Å². The molecule has 2 N–H and O–H groups in total. The van der Waals surface area contributed by atoms with Gasteiger partial charge >= 0.3 is 6.03 Å². The van der Waals surface area contributed by atoms with Crippen molar-refractivity contribution in [2.45, 2.75) is 32.1 Å². The Bertz CT molecular complexity index is 403. The molecular weight excluding hydrogens is 292 g/mol. The SMILES string of the molecule is O=C(NCC1CCCCC1)Nc1cccc(Br)c1. The van der Waals surface area contributed by atoms with Crippen molar-refractivity contribution >= 4 is 27.6 Å². The number of amides is 2. The minimum Gasteiger partial charge on any atom is -0.338 e. The van der Waals surface area contributed by atoms with Gasteiger partial charge in [-0.15, -0.1) is 0 Å². The Balaban J connectivity index is 1.74. The van der Waals surface area contributed by atoms with Crippen LogP contribution in [0.1, 0.15) is 32.1 Å². The lowest BCUT2D eigenvalue weighted by atomic mass is 9.89. The average molecular weight is 311 g/mol. The number of urea groups is 1. The maximum atomic E-state index is 11.7. The molecule has 1 saturated carbocycles. The second-order valence-corrected chi connectivity index (χ2v) is 5.77. The number of hydrogen-bond acceptors (Lipinski definition) is 1. The van der Waals surface area contributed by atoms with Gasteiger partial charge in [-0.2, -0.15) is 0 Å². The van der Waals surface area contributed by atoms with Gasteiger partial charge in [0.1, 0.15) is 0 Å². The molecule has 1 aromatic rings. The molecule has 98 valence electrons. The first-order valence-electron chi connectivity index (χ1n) is 6.54. The van der Waals surface area contributed by atoms with E-state index in [1.165, 1.54) is 32.1 Å². The van der Waals surface area contributed by atoms with Crippen LogP contribution < -0.4 is 10.6 Å². The molecule has 0 aliphatic heterocycles. The summed E-state index contributed by atoms with van der Waals surface area (Å²) in [4.78, 5) is 11.7. The van der Waals surface area contributed by atoms with Gasteiger partial charge in [0.2, 0.25) is 0 Å². The first kappa shape index (κ1) is 13.4. The van der Waals surface area contributed by atoms with E-state index in [9.17, 15) is 4.79 Å². The van der Waals surface area contributed by atoms with E-state index in [1.54, 1.807) is 0 Å². The molecule has 0 saturated heterocycles. The zero-order valence-electron chi connectivity index (χ0n) is 10.4. The molecule has 4 heteroatoms. The number of carbonyl (C=O) groups is 1. The molecule has 0 bridgehead atoms.